The molecular weight excluding hydrogens is 1680 g/mol. The number of benzene rings is 3. The van der Waals surface area contributed by atoms with Crippen LogP contribution in [0.2, 0.25) is 0 Å². The molecule has 2 fully saturated rings. The van der Waals surface area contributed by atoms with Crippen molar-refractivity contribution in [3.05, 3.63) is 77.4 Å². The standard InChI is InChI=1S/C47H68F4N6O12.C42H70N6O11/c1-2-3-4-40-54-44-36-33-35(5-6-39(36)53-47(52)45(44)55-40)57-10-8-56(9-11-57)12-14-60-16-18-62-20-22-64-24-26-66-28-30-68-32-31-67-29-27-65-25-23-63-21-19-61-17-15-59-13-7-41(58)69-46-42(50)37(48)34-38(49)43(46)51;1-3-4-5-39-45-40-37-34-36(6-7-38(37)44-42(43)41(40)46-39)48-11-9-47(10-12-48)13-15-51-17-19-53-21-23-55-25-27-57-29-31-59-33-32-58-30-28-56-26-24-54-22-20-52-18-16-50-14-8-35(2)49/h5-6,33-34H,2-4,7-32H2,1H3,(H2,52,53)(H,54,55);6-7,34H,3-5,8-33H2,1-2H3,(H2,43,44)(H,45,46). The Morgan fingerprint density at radius 3 is 0.891 bits per heavy atom. The van der Waals surface area contributed by atoms with Gasteiger partial charge in [0, 0.05) is 113 Å². The highest BCUT2D eigenvalue weighted by Crippen LogP contribution is 2.33. The van der Waals surface area contributed by atoms with E-state index in [1.807, 2.05) is 6.07 Å². The Kier molecular flexibility index (Phi) is 54.7. The zero-order valence-electron chi connectivity index (χ0n) is 75.2. The number of carbonyl (C=O) groups excluding carboxylic acids is 2. The van der Waals surface area contributed by atoms with E-state index in [-0.39, 0.29) is 31.7 Å². The first-order valence-corrected chi connectivity index (χ1v) is 45.0. The van der Waals surface area contributed by atoms with Crippen LogP contribution >= 0.6 is 0 Å². The van der Waals surface area contributed by atoms with Crippen molar-refractivity contribution >= 4 is 78.6 Å². The molecule has 720 valence electrons. The number of imidazole rings is 2. The number of carbonyl (C=O) groups is 2. The van der Waals surface area contributed by atoms with Crippen LogP contribution in [0.25, 0.3) is 43.9 Å². The van der Waals surface area contributed by atoms with Crippen LogP contribution in [-0.4, -0.2) is 381 Å². The van der Waals surface area contributed by atoms with E-state index in [0.29, 0.717) is 263 Å². The molecule has 0 amide bonds. The number of ketones is 1. The van der Waals surface area contributed by atoms with Gasteiger partial charge in [0.15, 0.2) is 11.6 Å². The van der Waals surface area contributed by atoms with E-state index in [9.17, 15) is 27.2 Å². The highest BCUT2D eigenvalue weighted by Gasteiger charge is 2.25. The summed E-state index contributed by atoms with van der Waals surface area (Å²) in [6.45, 7) is 33.5. The van der Waals surface area contributed by atoms with Crippen LogP contribution in [-0.2, 0) is 117 Å². The van der Waals surface area contributed by atoms with Gasteiger partial charge in [-0.1, -0.05) is 26.7 Å². The van der Waals surface area contributed by atoms with Crippen molar-refractivity contribution < 1.29 is 127 Å². The minimum atomic E-state index is -1.79. The van der Waals surface area contributed by atoms with E-state index in [2.05, 4.69) is 88.5 Å². The first-order chi connectivity index (χ1) is 62.8. The Morgan fingerprint density at radius 2 is 0.617 bits per heavy atom. The number of aromatic nitrogens is 6. The monoisotopic (exact) mass is 1820 g/mol. The number of halogens is 4. The molecule has 4 aromatic heterocycles. The number of anilines is 4. The topological polar surface area (TPSA) is 376 Å². The minimum Gasteiger partial charge on any atom is -0.420 e. The minimum absolute atomic E-state index is 0.0202. The number of aryl methyl sites for hydroxylation is 2. The average molecular weight is 1820 g/mol. The molecule has 3 aromatic carbocycles. The normalized spacial score (nSPS) is 13.5. The van der Waals surface area contributed by atoms with Gasteiger partial charge in [-0.05, 0) is 56.2 Å². The summed E-state index contributed by atoms with van der Waals surface area (Å²) < 4.78 is 168. The molecule has 0 atom stereocenters. The maximum Gasteiger partial charge on any atom is 0.313 e. The highest BCUT2D eigenvalue weighted by atomic mass is 19.2. The lowest BCUT2D eigenvalue weighted by atomic mass is 10.1. The summed E-state index contributed by atoms with van der Waals surface area (Å²) in [6, 6.07) is 12.8. The zero-order valence-corrected chi connectivity index (χ0v) is 75.2. The fourth-order valence-electron chi connectivity index (χ4n) is 13.1. The molecule has 2 saturated heterocycles. The molecule has 0 aliphatic carbocycles. The molecule has 0 unspecified atom stereocenters. The lowest BCUT2D eigenvalue weighted by Crippen LogP contribution is -2.47. The van der Waals surface area contributed by atoms with Gasteiger partial charge < -0.3 is 131 Å². The number of unbranched alkanes of at least 4 members (excludes halogenated alkanes) is 2. The van der Waals surface area contributed by atoms with E-state index in [4.69, 9.17) is 116 Å². The number of fused-ring (bicyclic) bond motifs is 6. The van der Waals surface area contributed by atoms with E-state index in [1.54, 1.807) is 6.92 Å². The number of pyridine rings is 2. The first kappa shape index (κ1) is 106. The lowest BCUT2D eigenvalue weighted by molar-refractivity contribution is -0.136. The molecule has 7 aromatic rings. The van der Waals surface area contributed by atoms with Crippen LogP contribution in [0.4, 0.5) is 40.6 Å². The van der Waals surface area contributed by atoms with Gasteiger partial charge in [-0.15, -0.1) is 0 Å². The third-order valence-corrected chi connectivity index (χ3v) is 20.1. The summed E-state index contributed by atoms with van der Waals surface area (Å²) in [5, 5.41) is 2.07. The molecule has 9 rings (SSSR count). The summed E-state index contributed by atoms with van der Waals surface area (Å²) in [4.78, 5) is 58.1. The largest absolute Gasteiger partial charge is 0.420 e. The molecule has 35 nitrogen and oxygen atoms in total. The van der Waals surface area contributed by atoms with E-state index < -0.39 is 41.4 Å². The van der Waals surface area contributed by atoms with Crippen molar-refractivity contribution in [3.8, 4) is 5.75 Å². The molecule has 128 heavy (non-hydrogen) atoms. The second kappa shape index (κ2) is 66.0. The summed E-state index contributed by atoms with van der Waals surface area (Å²) in [7, 11) is 0. The third-order valence-electron chi connectivity index (χ3n) is 20.1. The summed E-state index contributed by atoms with van der Waals surface area (Å²) in [5.41, 5.74) is 20.1. The van der Waals surface area contributed by atoms with Crippen molar-refractivity contribution in [3.63, 3.8) is 0 Å². The summed E-state index contributed by atoms with van der Waals surface area (Å²) >= 11 is 0. The molecule has 0 bridgehead atoms. The number of piperazine rings is 2. The average Bonchev–Trinajstić information content (AvgIpc) is 1.60. The lowest BCUT2D eigenvalue weighted by Gasteiger charge is -2.36. The number of ether oxygens (including phenoxy) is 21. The van der Waals surface area contributed by atoms with Crippen molar-refractivity contribution in [1.29, 1.82) is 0 Å². The number of rotatable bonds is 75. The molecular formula is C89H138F4N12O23. The van der Waals surface area contributed by atoms with Gasteiger partial charge >= 0.3 is 5.97 Å². The van der Waals surface area contributed by atoms with Crippen molar-refractivity contribution in [2.75, 3.05) is 351 Å². The predicted molar refractivity (Wildman–Crippen MR) is 474 cm³/mol. The van der Waals surface area contributed by atoms with Gasteiger partial charge in [-0.2, -0.15) is 8.78 Å². The van der Waals surface area contributed by atoms with Crippen molar-refractivity contribution in [2.24, 2.45) is 0 Å². The van der Waals surface area contributed by atoms with Gasteiger partial charge in [0.25, 0.3) is 0 Å². The number of nitrogens with one attached hydrogen (secondary N) is 2. The maximum atomic E-state index is 13.6. The van der Waals surface area contributed by atoms with Gasteiger partial charge in [-0.3, -0.25) is 19.4 Å². The molecule has 6 N–H and O–H groups in total. The van der Waals surface area contributed by atoms with Crippen LogP contribution in [0.5, 0.6) is 5.75 Å². The Balaban J connectivity index is 0.000000320. The molecule has 39 heteroatoms. The van der Waals surface area contributed by atoms with Gasteiger partial charge in [0.1, 0.15) is 51.1 Å². The Hall–Kier alpha value is -7.40. The number of hydrogen-bond donors (Lipinski definition) is 4. The SMILES string of the molecule is CCCCc1nc2c([nH]1)c(N)nc1ccc(N3CCN(CCOCCOCCOCCOCCOCCOCCOCCOCCOCCOCCC(=O)Oc4c(F)c(F)cc(F)c4F)CC3)cc12.CCCCc1nc2c([nH]1)c(N)nc1ccc(N3CCN(CCOCCOCCOCCOCCOCCOCCOCCOCCOCCOCCC(C)=O)CC3)cc12. The predicted octanol–water partition coefficient (Wildman–Crippen LogP) is 8.18. The number of hydrogen-bond acceptors (Lipinski definition) is 33. The first-order valence-electron chi connectivity index (χ1n) is 45.0. The zero-order chi connectivity index (χ0) is 90.5. The molecule has 6 heterocycles. The second-order valence-electron chi connectivity index (χ2n) is 29.8. The Labute approximate surface area is 748 Å². The van der Waals surface area contributed by atoms with E-state index in [1.165, 1.54) is 11.4 Å². The molecule has 2 aliphatic rings. The maximum absolute atomic E-state index is 13.6. The number of nitrogen functional groups attached to an aromatic ring is 2. The number of H-pyrrole nitrogens is 2. The van der Waals surface area contributed by atoms with E-state index >= 15 is 0 Å². The molecule has 0 saturated carbocycles. The molecule has 0 spiro atoms. The fourth-order valence-corrected chi connectivity index (χ4v) is 13.1. The smallest absolute Gasteiger partial charge is 0.313 e. The fraction of sp³-hybridized carbons (Fsp3) is 0.685. The van der Waals surface area contributed by atoms with Crippen LogP contribution in [0.3, 0.4) is 0 Å². The molecule has 0 radical (unpaired) electrons. The second-order valence-corrected chi connectivity index (χ2v) is 29.8. The van der Waals surface area contributed by atoms with E-state index in [0.717, 1.165) is 159 Å². The highest BCUT2D eigenvalue weighted by molar-refractivity contribution is 6.08. The van der Waals surface area contributed by atoms with Gasteiger partial charge in [0.05, 0.1) is 282 Å². The number of aromatic amines is 2. The van der Waals surface area contributed by atoms with Crippen molar-refractivity contribution in [1.82, 2.24) is 39.7 Å². The quantitative estimate of drug-likeness (QED) is 0.00917. The van der Waals surface area contributed by atoms with Crippen LogP contribution in [0, 0.1) is 23.3 Å². The van der Waals surface area contributed by atoms with Crippen molar-refractivity contribution in [2.45, 2.75) is 72.1 Å². The number of nitrogens with two attached hydrogens (primary N) is 2. The van der Waals surface area contributed by atoms with Gasteiger partial charge in [0.2, 0.25) is 17.4 Å². The summed E-state index contributed by atoms with van der Waals surface area (Å²) in [5.74, 6) is -6.43. The molecule has 2 aliphatic heterocycles. The number of Topliss-reactive ketones (excluding diaryl/α,β-unsaturated/α-hetero) is 1. The third kappa shape index (κ3) is 42.4. The van der Waals surface area contributed by atoms with Crippen LogP contribution in [0.15, 0.2) is 42.5 Å². The number of nitrogens with zero attached hydrogens (tertiary/aromatic N) is 8. The Bertz CT molecular complexity index is 4110. The van der Waals surface area contributed by atoms with Crippen LogP contribution < -0.4 is 26.0 Å². The van der Waals surface area contributed by atoms with Gasteiger partial charge in [-0.25, -0.2) is 28.7 Å². The number of esters is 1. The van der Waals surface area contributed by atoms with Crippen LogP contribution in [0.1, 0.15) is 70.9 Å². The Morgan fingerprint density at radius 1 is 0.352 bits per heavy atom. The summed E-state index contributed by atoms with van der Waals surface area (Å²) in [6.07, 6.45) is 6.25.